The maximum atomic E-state index is 12.2. The number of anilines is 2. The summed E-state index contributed by atoms with van der Waals surface area (Å²) in [7, 11) is 0. The molecule has 1 saturated heterocycles. The van der Waals surface area contributed by atoms with Gasteiger partial charge in [0.2, 0.25) is 0 Å². The standard InChI is InChI=1S/C16H14ClN3O3/c17-12-2-1-3-13(14(12)21)19-15(22)10-4-6-11(7-5-10)20-9-8-18-16(20)23/h1-7,21H,8-9H2,(H,18,23)(H,19,22). The molecule has 1 fully saturated rings. The Morgan fingerprint density at radius 3 is 2.61 bits per heavy atom. The summed E-state index contributed by atoms with van der Waals surface area (Å²) in [4.78, 5) is 25.4. The van der Waals surface area contributed by atoms with Crippen molar-refractivity contribution < 1.29 is 14.7 Å². The second-order valence-corrected chi connectivity index (χ2v) is 5.43. The molecule has 3 N–H and O–H groups in total. The Bertz CT molecular complexity index is 762. The van der Waals surface area contributed by atoms with Crippen molar-refractivity contribution in [2.24, 2.45) is 0 Å². The van der Waals surface area contributed by atoms with Crippen LogP contribution in [0.15, 0.2) is 42.5 Å². The number of urea groups is 1. The molecule has 0 bridgehead atoms. The second kappa shape index (κ2) is 6.18. The Hall–Kier alpha value is -2.73. The highest BCUT2D eigenvalue weighted by molar-refractivity contribution is 6.32. The van der Waals surface area contributed by atoms with Crippen LogP contribution < -0.4 is 15.5 Å². The number of benzene rings is 2. The number of nitrogens with zero attached hydrogens (tertiary/aromatic N) is 1. The lowest BCUT2D eigenvalue weighted by Gasteiger charge is -2.14. The fraction of sp³-hybridized carbons (Fsp3) is 0.125. The summed E-state index contributed by atoms with van der Waals surface area (Å²) in [5.41, 5.74) is 1.38. The van der Waals surface area contributed by atoms with Crippen molar-refractivity contribution >= 4 is 34.9 Å². The van der Waals surface area contributed by atoms with Gasteiger partial charge in [-0.2, -0.15) is 0 Å². The largest absolute Gasteiger partial charge is 0.504 e. The quantitative estimate of drug-likeness (QED) is 0.756. The molecule has 1 heterocycles. The summed E-state index contributed by atoms with van der Waals surface area (Å²) in [6.45, 7) is 1.20. The molecule has 1 aliphatic heterocycles. The Kier molecular flexibility index (Phi) is 4.08. The maximum Gasteiger partial charge on any atom is 0.321 e. The van der Waals surface area contributed by atoms with Gasteiger partial charge in [0, 0.05) is 24.3 Å². The summed E-state index contributed by atoms with van der Waals surface area (Å²) < 4.78 is 0. The summed E-state index contributed by atoms with van der Waals surface area (Å²) in [5.74, 6) is -0.548. The van der Waals surface area contributed by atoms with E-state index in [4.69, 9.17) is 11.6 Å². The van der Waals surface area contributed by atoms with Gasteiger partial charge in [-0.3, -0.25) is 9.69 Å². The highest BCUT2D eigenvalue weighted by Crippen LogP contribution is 2.31. The minimum absolute atomic E-state index is 0.147. The predicted molar refractivity (Wildman–Crippen MR) is 88.3 cm³/mol. The molecule has 0 unspecified atom stereocenters. The fourth-order valence-electron chi connectivity index (χ4n) is 2.32. The van der Waals surface area contributed by atoms with Gasteiger partial charge in [-0.05, 0) is 36.4 Å². The SMILES string of the molecule is O=C(Nc1cccc(Cl)c1O)c1ccc(N2CCNC2=O)cc1. The summed E-state index contributed by atoms with van der Waals surface area (Å²) in [5, 5.41) is 15.3. The zero-order valence-corrected chi connectivity index (χ0v) is 12.8. The average molecular weight is 332 g/mol. The minimum atomic E-state index is -0.375. The lowest BCUT2D eigenvalue weighted by molar-refractivity contribution is 0.102. The molecular formula is C16H14ClN3O3. The van der Waals surface area contributed by atoms with Gasteiger partial charge in [0.05, 0.1) is 10.7 Å². The van der Waals surface area contributed by atoms with Crippen molar-refractivity contribution in [2.75, 3.05) is 23.3 Å². The Balaban J connectivity index is 1.75. The highest BCUT2D eigenvalue weighted by Gasteiger charge is 2.21. The molecule has 6 nitrogen and oxygen atoms in total. The first-order valence-corrected chi connectivity index (χ1v) is 7.38. The number of halogens is 1. The maximum absolute atomic E-state index is 12.2. The number of hydrogen-bond donors (Lipinski definition) is 3. The number of carbonyl (C=O) groups is 2. The van der Waals surface area contributed by atoms with Gasteiger partial charge in [0.25, 0.3) is 5.91 Å². The van der Waals surface area contributed by atoms with E-state index in [-0.39, 0.29) is 28.4 Å². The number of rotatable bonds is 3. The number of phenols is 1. The zero-order valence-electron chi connectivity index (χ0n) is 12.0. The first-order valence-electron chi connectivity index (χ1n) is 7.00. The molecule has 0 saturated carbocycles. The predicted octanol–water partition coefficient (Wildman–Crippen LogP) is 2.83. The van der Waals surface area contributed by atoms with Gasteiger partial charge in [0.1, 0.15) is 0 Å². The van der Waals surface area contributed by atoms with Crippen molar-refractivity contribution in [3.63, 3.8) is 0 Å². The third kappa shape index (κ3) is 3.07. The van der Waals surface area contributed by atoms with Crippen molar-refractivity contribution in [3.8, 4) is 5.75 Å². The number of aromatic hydroxyl groups is 1. The van der Waals surface area contributed by atoms with E-state index in [0.29, 0.717) is 18.7 Å². The van der Waals surface area contributed by atoms with E-state index in [1.807, 2.05) is 0 Å². The lowest BCUT2D eigenvalue weighted by atomic mass is 10.1. The van der Waals surface area contributed by atoms with Crippen LogP contribution in [0.2, 0.25) is 5.02 Å². The van der Waals surface area contributed by atoms with E-state index >= 15 is 0 Å². The lowest BCUT2D eigenvalue weighted by Crippen LogP contribution is -2.27. The molecular weight excluding hydrogens is 318 g/mol. The molecule has 23 heavy (non-hydrogen) atoms. The monoisotopic (exact) mass is 331 g/mol. The third-order valence-corrected chi connectivity index (χ3v) is 3.84. The molecule has 3 rings (SSSR count). The summed E-state index contributed by atoms with van der Waals surface area (Å²) in [6, 6.07) is 11.2. The molecule has 118 valence electrons. The van der Waals surface area contributed by atoms with Crippen LogP contribution in [0.3, 0.4) is 0 Å². The topological polar surface area (TPSA) is 81.7 Å². The van der Waals surface area contributed by atoms with Crippen LogP contribution in [-0.2, 0) is 0 Å². The smallest absolute Gasteiger partial charge is 0.321 e. The number of para-hydroxylation sites is 1. The van der Waals surface area contributed by atoms with E-state index in [2.05, 4.69) is 10.6 Å². The molecule has 0 radical (unpaired) electrons. The van der Waals surface area contributed by atoms with Crippen LogP contribution in [0.25, 0.3) is 0 Å². The summed E-state index contributed by atoms with van der Waals surface area (Å²) in [6.07, 6.45) is 0. The number of hydrogen-bond acceptors (Lipinski definition) is 3. The molecule has 0 atom stereocenters. The normalized spacial score (nSPS) is 13.8. The molecule has 3 amide bonds. The van der Waals surface area contributed by atoms with Gasteiger partial charge in [-0.25, -0.2) is 4.79 Å². The average Bonchev–Trinajstić information content (AvgIpc) is 2.98. The Labute approximate surface area is 137 Å². The Morgan fingerprint density at radius 2 is 1.96 bits per heavy atom. The molecule has 1 aliphatic rings. The molecule has 0 spiro atoms. The van der Waals surface area contributed by atoms with Crippen LogP contribution >= 0.6 is 11.6 Å². The molecule has 0 aliphatic carbocycles. The van der Waals surface area contributed by atoms with Crippen LogP contribution in [0.5, 0.6) is 5.75 Å². The van der Waals surface area contributed by atoms with Gasteiger partial charge in [-0.15, -0.1) is 0 Å². The van der Waals surface area contributed by atoms with E-state index in [1.165, 1.54) is 6.07 Å². The van der Waals surface area contributed by atoms with Gasteiger partial charge >= 0.3 is 6.03 Å². The fourth-order valence-corrected chi connectivity index (χ4v) is 2.50. The van der Waals surface area contributed by atoms with E-state index in [9.17, 15) is 14.7 Å². The van der Waals surface area contributed by atoms with E-state index in [0.717, 1.165) is 5.69 Å². The van der Waals surface area contributed by atoms with Crippen LogP contribution in [0, 0.1) is 0 Å². The summed E-state index contributed by atoms with van der Waals surface area (Å²) >= 11 is 5.81. The first-order chi connectivity index (χ1) is 11.1. The number of nitrogens with one attached hydrogen (secondary N) is 2. The van der Waals surface area contributed by atoms with Gasteiger partial charge in [-0.1, -0.05) is 17.7 Å². The minimum Gasteiger partial charge on any atom is -0.504 e. The number of carbonyl (C=O) groups excluding carboxylic acids is 2. The van der Waals surface area contributed by atoms with Crippen LogP contribution in [0.1, 0.15) is 10.4 Å². The number of amides is 3. The van der Waals surface area contributed by atoms with Crippen molar-refractivity contribution in [3.05, 3.63) is 53.1 Å². The number of phenolic OH excluding ortho intramolecular Hbond substituents is 1. The molecule has 7 heteroatoms. The first kappa shape index (κ1) is 15.2. The molecule has 0 aromatic heterocycles. The second-order valence-electron chi connectivity index (χ2n) is 5.02. The van der Waals surface area contributed by atoms with Crippen molar-refractivity contribution in [2.45, 2.75) is 0 Å². The van der Waals surface area contributed by atoms with Crippen LogP contribution in [0.4, 0.5) is 16.2 Å². The molecule has 2 aromatic carbocycles. The molecule has 2 aromatic rings. The van der Waals surface area contributed by atoms with Crippen molar-refractivity contribution in [1.29, 1.82) is 0 Å². The van der Waals surface area contributed by atoms with Gasteiger partial charge in [0.15, 0.2) is 5.75 Å². The van der Waals surface area contributed by atoms with Crippen molar-refractivity contribution in [1.82, 2.24) is 5.32 Å². The van der Waals surface area contributed by atoms with E-state index in [1.54, 1.807) is 41.3 Å². The Morgan fingerprint density at radius 1 is 1.22 bits per heavy atom. The van der Waals surface area contributed by atoms with Crippen LogP contribution in [-0.4, -0.2) is 30.1 Å². The van der Waals surface area contributed by atoms with Gasteiger partial charge < -0.3 is 15.7 Å². The zero-order chi connectivity index (χ0) is 16.4. The highest BCUT2D eigenvalue weighted by atomic mass is 35.5. The third-order valence-electron chi connectivity index (χ3n) is 3.53. The van der Waals surface area contributed by atoms with E-state index < -0.39 is 0 Å².